The standard InChI is InChI=1S/C11H9N5O2/c12-9-8-11(14-4-13-9)16-10(15-8)7-5(17)2-1-3-6(7)18/h1-4,17-18H,(H3,12,13,14,15,16). The average Bonchev–Trinajstić information content (AvgIpc) is 2.74. The molecule has 2 aromatic heterocycles. The van der Waals surface area contributed by atoms with E-state index in [0.29, 0.717) is 11.2 Å². The first-order chi connectivity index (χ1) is 8.66. The third kappa shape index (κ3) is 1.41. The molecule has 5 N–H and O–H groups in total. The van der Waals surface area contributed by atoms with Gasteiger partial charge in [0.1, 0.15) is 34.7 Å². The Morgan fingerprint density at radius 2 is 1.83 bits per heavy atom. The van der Waals surface area contributed by atoms with Crippen LogP contribution in [0.1, 0.15) is 0 Å². The fourth-order valence-electron chi connectivity index (χ4n) is 1.74. The van der Waals surface area contributed by atoms with Crippen molar-refractivity contribution < 1.29 is 10.2 Å². The minimum Gasteiger partial charge on any atom is -0.507 e. The van der Waals surface area contributed by atoms with E-state index in [9.17, 15) is 10.2 Å². The first kappa shape index (κ1) is 10.3. The van der Waals surface area contributed by atoms with Crippen LogP contribution in [-0.2, 0) is 0 Å². The Morgan fingerprint density at radius 3 is 2.50 bits per heavy atom. The number of H-pyrrole nitrogens is 1. The number of phenols is 2. The number of aromatic hydroxyl groups is 2. The van der Waals surface area contributed by atoms with Crippen molar-refractivity contribution in [1.82, 2.24) is 19.9 Å². The van der Waals surface area contributed by atoms with Crippen molar-refractivity contribution in [3.8, 4) is 22.9 Å². The molecule has 0 amide bonds. The molecule has 0 saturated carbocycles. The molecule has 3 rings (SSSR count). The number of anilines is 1. The third-order valence-electron chi connectivity index (χ3n) is 2.57. The number of imidazole rings is 1. The van der Waals surface area contributed by atoms with E-state index in [-0.39, 0.29) is 28.7 Å². The van der Waals surface area contributed by atoms with Crippen molar-refractivity contribution in [3.05, 3.63) is 24.5 Å². The maximum atomic E-state index is 9.75. The van der Waals surface area contributed by atoms with Gasteiger partial charge in [-0.15, -0.1) is 0 Å². The molecule has 1 aromatic carbocycles. The van der Waals surface area contributed by atoms with Crippen LogP contribution in [-0.4, -0.2) is 30.1 Å². The Kier molecular flexibility index (Phi) is 2.06. The van der Waals surface area contributed by atoms with Crippen molar-refractivity contribution in [2.24, 2.45) is 0 Å². The number of benzene rings is 1. The number of hydrogen-bond acceptors (Lipinski definition) is 6. The van der Waals surface area contributed by atoms with E-state index in [1.165, 1.54) is 24.5 Å². The molecule has 0 aliphatic carbocycles. The largest absolute Gasteiger partial charge is 0.507 e. The summed E-state index contributed by atoms with van der Waals surface area (Å²) < 4.78 is 0. The van der Waals surface area contributed by atoms with Crippen molar-refractivity contribution in [2.45, 2.75) is 0 Å². The predicted octanol–water partition coefficient (Wildman–Crippen LogP) is 1.01. The molecule has 0 saturated heterocycles. The highest BCUT2D eigenvalue weighted by atomic mass is 16.3. The summed E-state index contributed by atoms with van der Waals surface area (Å²) in [5, 5.41) is 19.5. The van der Waals surface area contributed by atoms with E-state index >= 15 is 0 Å². The third-order valence-corrected chi connectivity index (χ3v) is 2.57. The predicted molar refractivity (Wildman–Crippen MR) is 64.9 cm³/mol. The molecule has 0 aliphatic heterocycles. The van der Waals surface area contributed by atoms with Crippen LogP contribution >= 0.6 is 0 Å². The zero-order chi connectivity index (χ0) is 12.7. The summed E-state index contributed by atoms with van der Waals surface area (Å²) in [7, 11) is 0. The van der Waals surface area contributed by atoms with Gasteiger partial charge in [-0.2, -0.15) is 0 Å². The minimum absolute atomic E-state index is 0.0828. The topological polar surface area (TPSA) is 121 Å². The molecule has 7 heteroatoms. The van der Waals surface area contributed by atoms with Gasteiger partial charge in [-0.3, -0.25) is 0 Å². The summed E-state index contributed by atoms with van der Waals surface area (Å²) in [6.45, 7) is 0. The highest BCUT2D eigenvalue weighted by Crippen LogP contribution is 2.35. The quantitative estimate of drug-likeness (QED) is 0.506. The Morgan fingerprint density at radius 1 is 1.11 bits per heavy atom. The van der Waals surface area contributed by atoms with Gasteiger partial charge in [-0.1, -0.05) is 6.07 Å². The first-order valence-corrected chi connectivity index (χ1v) is 5.14. The van der Waals surface area contributed by atoms with Crippen LogP contribution in [0.25, 0.3) is 22.6 Å². The summed E-state index contributed by atoms with van der Waals surface area (Å²) in [6, 6.07) is 4.44. The number of rotatable bonds is 1. The maximum Gasteiger partial charge on any atom is 0.183 e. The number of aromatic amines is 1. The molecule has 2 heterocycles. The molecule has 0 aliphatic rings. The smallest absolute Gasteiger partial charge is 0.183 e. The Hall–Kier alpha value is -2.83. The first-order valence-electron chi connectivity index (χ1n) is 5.14. The summed E-state index contributed by atoms with van der Waals surface area (Å²) in [5.41, 5.74) is 6.72. The van der Waals surface area contributed by atoms with Gasteiger partial charge in [0.2, 0.25) is 0 Å². The molecular formula is C11H9N5O2. The highest BCUT2D eigenvalue weighted by molar-refractivity contribution is 5.86. The molecule has 0 bridgehead atoms. The Bertz CT molecular complexity index is 717. The van der Waals surface area contributed by atoms with Crippen LogP contribution < -0.4 is 5.73 Å². The monoisotopic (exact) mass is 243 g/mol. The second kappa shape index (κ2) is 3.59. The number of nitrogens with zero attached hydrogens (tertiary/aromatic N) is 3. The van der Waals surface area contributed by atoms with Crippen molar-refractivity contribution in [2.75, 3.05) is 5.73 Å². The van der Waals surface area contributed by atoms with Gasteiger partial charge >= 0.3 is 0 Å². The van der Waals surface area contributed by atoms with Gasteiger partial charge in [-0.25, -0.2) is 15.0 Å². The molecule has 0 atom stereocenters. The van der Waals surface area contributed by atoms with Crippen molar-refractivity contribution >= 4 is 17.0 Å². The molecule has 0 unspecified atom stereocenters. The SMILES string of the molecule is Nc1ncnc2nc(-c3c(O)cccc3O)[nH]c12. The molecule has 7 nitrogen and oxygen atoms in total. The number of fused-ring (bicyclic) bond motifs is 1. The van der Waals surface area contributed by atoms with Gasteiger partial charge in [0, 0.05) is 0 Å². The van der Waals surface area contributed by atoms with Crippen LogP contribution in [0.2, 0.25) is 0 Å². The number of nitrogen functional groups attached to an aromatic ring is 1. The zero-order valence-corrected chi connectivity index (χ0v) is 9.12. The minimum atomic E-state index is -0.0828. The number of hydrogen-bond donors (Lipinski definition) is 4. The fourth-order valence-corrected chi connectivity index (χ4v) is 1.74. The molecular weight excluding hydrogens is 234 g/mol. The van der Waals surface area contributed by atoms with Crippen molar-refractivity contribution in [3.63, 3.8) is 0 Å². The lowest BCUT2D eigenvalue weighted by Crippen LogP contribution is -1.91. The maximum absolute atomic E-state index is 9.75. The Labute approximate surface area is 101 Å². The van der Waals surface area contributed by atoms with E-state index in [2.05, 4.69) is 19.9 Å². The van der Waals surface area contributed by atoms with Crippen LogP contribution in [0.3, 0.4) is 0 Å². The van der Waals surface area contributed by atoms with E-state index in [4.69, 9.17) is 5.73 Å². The zero-order valence-electron chi connectivity index (χ0n) is 9.12. The van der Waals surface area contributed by atoms with Crippen LogP contribution in [0.4, 0.5) is 5.82 Å². The highest BCUT2D eigenvalue weighted by Gasteiger charge is 2.15. The second-order valence-electron chi connectivity index (χ2n) is 3.71. The number of phenolic OH excluding ortho intramolecular Hbond substituents is 2. The summed E-state index contributed by atoms with van der Waals surface area (Å²) in [4.78, 5) is 14.8. The second-order valence-corrected chi connectivity index (χ2v) is 3.71. The lowest BCUT2D eigenvalue weighted by Gasteiger charge is -2.02. The Balaban J connectivity index is 2.30. The molecule has 0 spiro atoms. The van der Waals surface area contributed by atoms with Crippen LogP contribution in [0, 0.1) is 0 Å². The summed E-state index contributed by atoms with van der Waals surface area (Å²) in [5.74, 6) is 0.377. The van der Waals surface area contributed by atoms with Gasteiger partial charge in [0.15, 0.2) is 11.5 Å². The molecule has 18 heavy (non-hydrogen) atoms. The summed E-state index contributed by atoms with van der Waals surface area (Å²) >= 11 is 0. The van der Waals surface area contributed by atoms with E-state index in [0.717, 1.165) is 0 Å². The van der Waals surface area contributed by atoms with Gasteiger partial charge in [0.25, 0.3) is 0 Å². The number of nitrogens with two attached hydrogens (primary N) is 1. The lowest BCUT2D eigenvalue weighted by molar-refractivity contribution is 0.453. The van der Waals surface area contributed by atoms with Gasteiger partial charge in [-0.05, 0) is 12.1 Å². The van der Waals surface area contributed by atoms with Crippen LogP contribution in [0.15, 0.2) is 24.5 Å². The average molecular weight is 243 g/mol. The normalized spacial score (nSPS) is 10.9. The lowest BCUT2D eigenvalue weighted by atomic mass is 10.1. The van der Waals surface area contributed by atoms with E-state index in [1.54, 1.807) is 0 Å². The molecule has 0 radical (unpaired) electrons. The molecule has 3 aromatic rings. The van der Waals surface area contributed by atoms with Gasteiger partial charge in [0.05, 0.1) is 0 Å². The number of aromatic nitrogens is 4. The number of nitrogens with one attached hydrogen (secondary N) is 1. The summed E-state index contributed by atoms with van der Waals surface area (Å²) in [6.07, 6.45) is 1.30. The fraction of sp³-hybridized carbons (Fsp3) is 0. The van der Waals surface area contributed by atoms with Gasteiger partial charge < -0.3 is 20.9 Å². The molecule has 0 fully saturated rings. The van der Waals surface area contributed by atoms with Crippen LogP contribution in [0.5, 0.6) is 11.5 Å². The van der Waals surface area contributed by atoms with E-state index in [1.807, 2.05) is 0 Å². The van der Waals surface area contributed by atoms with Crippen molar-refractivity contribution in [1.29, 1.82) is 0 Å². The molecule has 90 valence electrons. The van der Waals surface area contributed by atoms with E-state index < -0.39 is 0 Å².